The molecule has 1 aromatic carbocycles. The maximum Gasteiger partial charge on any atom is 0.268 e. The molecule has 2 amide bonds. The first-order valence-electron chi connectivity index (χ1n) is 7.61. The summed E-state index contributed by atoms with van der Waals surface area (Å²) in [4.78, 5) is 23.8. The Labute approximate surface area is 130 Å². The SMILES string of the molecule is CCCOc1cccc(CC(=O)NC2CCCN(O)C2=O)c1. The van der Waals surface area contributed by atoms with Gasteiger partial charge in [-0.15, -0.1) is 0 Å². The largest absolute Gasteiger partial charge is 0.494 e. The van der Waals surface area contributed by atoms with Crippen LogP contribution in [0, 0.1) is 0 Å². The van der Waals surface area contributed by atoms with E-state index < -0.39 is 11.9 Å². The highest BCUT2D eigenvalue weighted by Gasteiger charge is 2.28. The molecule has 0 aromatic heterocycles. The van der Waals surface area contributed by atoms with Crippen molar-refractivity contribution in [1.29, 1.82) is 0 Å². The maximum absolute atomic E-state index is 12.1. The van der Waals surface area contributed by atoms with Gasteiger partial charge >= 0.3 is 0 Å². The molecule has 2 N–H and O–H groups in total. The van der Waals surface area contributed by atoms with Crippen LogP contribution in [0.3, 0.4) is 0 Å². The number of rotatable bonds is 6. The van der Waals surface area contributed by atoms with E-state index in [4.69, 9.17) is 4.74 Å². The summed E-state index contributed by atoms with van der Waals surface area (Å²) >= 11 is 0. The fraction of sp³-hybridized carbons (Fsp3) is 0.500. The summed E-state index contributed by atoms with van der Waals surface area (Å²) in [7, 11) is 0. The lowest BCUT2D eigenvalue weighted by atomic mass is 10.1. The molecule has 0 spiro atoms. The fourth-order valence-electron chi connectivity index (χ4n) is 2.39. The number of amides is 2. The van der Waals surface area contributed by atoms with E-state index in [1.165, 1.54) is 0 Å². The molecule has 1 atom stereocenters. The molecule has 1 unspecified atom stereocenters. The van der Waals surface area contributed by atoms with Gasteiger partial charge < -0.3 is 10.1 Å². The number of piperidine rings is 1. The molecule has 6 heteroatoms. The minimum atomic E-state index is -0.634. The molecule has 1 aliphatic rings. The third-order valence-electron chi connectivity index (χ3n) is 3.49. The number of carbonyl (C=O) groups excluding carboxylic acids is 2. The summed E-state index contributed by atoms with van der Waals surface area (Å²) in [6.07, 6.45) is 2.33. The minimum Gasteiger partial charge on any atom is -0.494 e. The Hall–Kier alpha value is -2.08. The number of hydroxylamine groups is 2. The Balaban J connectivity index is 1.90. The lowest BCUT2D eigenvalue weighted by molar-refractivity contribution is -0.173. The van der Waals surface area contributed by atoms with E-state index in [9.17, 15) is 14.8 Å². The molecule has 0 bridgehead atoms. The summed E-state index contributed by atoms with van der Waals surface area (Å²) in [6, 6.07) is 6.74. The summed E-state index contributed by atoms with van der Waals surface area (Å²) in [6.45, 7) is 2.99. The summed E-state index contributed by atoms with van der Waals surface area (Å²) < 4.78 is 5.53. The van der Waals surface area contributed by atoms with Gasteiger partial charge in [-0.1, -0.05) is 19.1 Å². The van der Waals surface area contributed by atoms with Gasteiger partial charge in [-0.2, -0.15) is 0 Å². The molecule has 1 fully saturated rings. The Morgan fingerprint density at radius 3 is 3.09 bits per heavy atom. The van der Waals surface area contributed by atoms with E-state index >= 15 is 0 Å². The zero-order chi connectivity index (χ0) is 15.9. The van der Waals surface area contributed by atoms with Crippen molar-refractivity contribution in [3.05, 3.63) is 29.8 Å². The smallest absolute Gasteiger partial charge is 0.268 e. The molecule has 0 aliphatic carbocycles. The van der Waals surface area contributed by atoms with Gasteiger partial charge in [-0.25, -0.2) is 5.06 Å². The molecule has 0 radical (unpaired) electrons. The number of nitrogens with zero attached hydrogens (tertiary/aromatic N) is 1. The van der Waals surface area contributed by atoms with Crippen molar-refractivity contribution in [3.63, 3.8) is 0 Å². The number of ether oxygens (including phenoxy) is 1. The summed E-state index contributed by atoms with van der Waals surface area (Å²) in [5.41, 5.74) is 0.829. The van der Waals surface area contributed by atoms with Crippen LogP contribution in [0.15, 0.2) is 24.3 Å². The Kier molecular flexibility index (Phi) is 5.77. The standard InChI is InChI=1S/C16H22N2O4/c1-2-9-22-13-6-3-5-12(10-13)11-15(19)17-14-7-4-8-18(21)16(14)20/h3,5-6,10,14,21H,2,4,7-9,11H2,1H3,(H,17,19). The zero-order valence-corrected chi connectivity index (χ0v) is 12.7. The van der Waals surface area contributed by atoms with Gasteiger partial charge in [0.2, 0.25) is 5.91 Å². The third kappa shape index (κ3) is 4.46. The van der Waals surface area contributed by atoms with E-state index in [0.717, 1.165) is 17.7 Å². The fourth-order valence-corrected chi connectivity index (χ4v) is 2.39. The van der Waals surface area contributed by atoms with Crippen molar-refractivity contribution < 1.29 is 19.5 Å². The van der Waals surface area contributed by atoms with Gasteiger partial charge in [0.05, 0.1) is 13.0 Å². The lowest BCUT2D eigenvalue weighted by Gasteiger charge is -2.27. The average Bonchev–Trinajstić information content (AvgIpc) is 2.50. The van der Waals surface area contributed by atoms with Crippen LogP contribution in [-0.4, -0.2) is 41.3 Å². The van der Waals surface area contributed by atoms with Crippen LogP contribution in [0.5, 0.6) is 5.75 Å². The molecule has 2 rings (SSSR count). The van der Waals surface area contributed by atoms with Crippen molar-refractivity contribution in [1.82, 2.24) is 10.4 Å². The van der Waals surface area contributed by atoms with Gasteiger partial charge in [-0.05, 0) is 37.0 Å². The number of benzene rings is 1. The third-order valence-corrected chi connectivity index (χ3v) is 3.49. The van der Waals surface area contributed by atoms with Crippen molar-refractivity contribution >= 4 is 11.8 Å². The number of nitrogens with one attached hydrogen (secondary N) is 1. The molecule has 1 aliphatic heterocycles. The maximum atomic E-state index is 12.1. The van der Waals surface area contributed by atoms with Crippen LogP contribution in [0.1, 0.15) is 31.7 Å². The molecular weight excluding hydrogens is 284 g/mol. The molecule has 22 heavy (non-hydrogen) atoms. The Morgan fingerprint density at radius 2 is 2.32 bits per heavy atom. The molecule has 1 aromatic rings. The molecular formula is C16H22N2O4. The lowest BCUT2D eigenvalue weighted by Crippen LogP contribution is -2.51. The highest BCUT2D eigenvalue weighted by atomic mass is 16.5. The first kappa shape index (κ1) is 16.3. The average molecular weight is 306 g/mol. The number of hydrogen-bond donors (Lipinski definition) is 2. The normalized spacial score (nSPS) is 18.2. The summed E-state index contributed by atoms with van der Waals surface area (Å²) in [5, 5.41) is 12.7. The minimum absolute atomic E-state index is 0.179. The van der Waals surface area contributed by atoms with Crippen molar-refractivity contribution in [2.24, 2.45) is 0 Å². The van der Waals surface area contributed by atoms with E-state index in [0.29, 0.717) is 31.1 Å². The predicted octanol–water partition coefficient (Wildman–Crippen LogP) is 1.51. The van der Waals surface area contributed by atoms with Gasteiger partial charge in [0, 0.05) is 6.54 Å². The second-order valence-corrected chi connectivity index (χ2v) is 5.40. The number of carbonyl (C=O) groups is 2. The first-order valence-corrected chi connectivity index (χ1v) is 7.61. The highest BCUT2D eigenvalue weighted by Crippen LogP contribution is 2.15. The topological polar surface area (TPSA) is 78.9 Å². The van der Waals surface area contributed by atoms with Gasteiger partial charge in [0.25, 0.3) is 5.91 Å². The Morgan fingerprint density at radius 1 is 1.50 bits per heavy atom. The van der Waals surface area contributed by atoms with E-state index in [1.807, 2.05) is 31.2 Å². The molecule has 0 saturated carbocycles. The van der Waals surface area contributed by atoms with Crippen molar-refractivity contribution in [2.45, 2.75) is 38.6 Å². The van der Waals surface area contributed by atoms with Gasteiger partial charge in [-0.3, -0.25) is 14.8 Å². The van der Waals surface area contributed by atoms with Crippen molar-refractivity contribution in [2.75, 3.05) is 13.2 Å². The molecule has 1 heterocycles. The van der Waals surface area contributed by atoms with Crippen LogP contribution in [0.2, 0.25) is 0 Å². The second kappa shape index (κ2) is 7.79. The van der Waals surface area contributed by atoms with E-state index in [-0.39, 0.29) is 12.3 Å². The first-order chi connectivity index (χ1) is 10.6. The predicted molar refractivity (Wildman–Crippen MR) is 80.6 cm³/mol. The monoisotopic (exact) mass is 306 g/mol. The van der Waals surface area contributed by atoms with Crippen LogP contribution >= 0.6 is 0 Å². The molecule has 1 saturated heterocycles. The molecule has 120 valence electrons. The van der Waals surface area contributed by atoms with Gasteiger partial charge in [0.1, 0.15) is 11.8 Å². The van der Waals surface area contributed by atoms with Crippen LogP contribution in [0.4, 0.5) is 0 Å². The van der Waals surface area contributed by atoms with Crippen molar-refractivity contribution in [3.8, 4) is 5.75 Å². The number of hydrogen-bond acceptors (Lipinski definition) is 4. The zero-order valence-electron chi connectivity index (χ0n) is 12.7. The Bertz CT molecular complexity index is 533. The van der Waals surface area contributed by atoms with E-state index in [2.05, 4.69) is 5.32 Å². The summed E-state index contributed by atoms with van der Waals surface area (Å²) in [5.74, 6) is 0.0587. The van der Waals surface area contributed by atoms with Gasteiger partial charge in [0.15, 0.2) is 0 Å². The van der Waals surface area contributed by atoms with Crippen LogP contribution in [-0.2, 0) is 16.0 Å². The van der Waals surface area contributed by atoms with E-state index in [1.54, 1.807) is 0 Å². The quantitative estimate of drug-likeness (QED) is 0.781. The van der Waals surface area contributed by atoms with Crippen LogP contribution < -0.4 is 10.1 Å². The second-order valence-electron chi connectivity index (χ2n) is 5.40. The van der Waals surface area contributed by atoms with Crippen LogP contribution in [0.25, 0.3) is 0 Å². The highest BCUT2D eigenvalue weighted by molar-refractivity contribution is 5.88. The molecule has 6 nitrogen and oxygen atoms in total.